The Morgan fingerprint density at radius 2 is 2.12 bits per heavy atom. The van der Waals surface area contributed by atoms with Crippen LogP contribution in [-0.2, 0) is 11.8 Å². The monoisotopic (exact) mass is 344 g/mol. The van der Waals surface area contributed by atoms with Crippen LogP contribution in [0.25, 0.3) is 11.1 Å². The maximum Gasteiger partial charge on any atom is 0.342 e. The lowest BCUT2D eigenvalue weighted by molar-refractivity contribution is -0.156. The second kappa shape index (κ2) is 5.19. The summed E-state index contributed by atoms with van der Waals surface area (Å²) in [6, 6.07) is 0. The van der Waals surface area contributed by atoms with Crippen molar-refractivity contribution in [1.82, 2.24) is 9.55 Å². The van der Waals surface area contributed by atoms with Crippen LogP contribution < -0.4 is 5.56 Å². The fraction of sp³-hybridized carbons (Fsp3) is 0.632. The molecule has 3 saturated carbocycles. The first-order valence-electron chi connectivity index (χ1n) is 8.87. The molecule has 2 aromatic rings. The molecule has 0 saturated heterocycles. The van der Waals surface area contributed by atoms with Gasteiger partial charge in [0, 0.05) is 7.05 Å². The zero-order chi connectivity index (χ0) is 18.1. The van der Waals surface area contributed by atoms with Crippen molar-refractivity contribution in [2.45, 2.75) is 46.6 Å². The third-order valence-corrected chi connectivity index (χ3v) is 6.69. The zero-order valence-electron chi connectivity index (χ0n) is 15.3. The topological polar surface area (TPSA) is 74.3 Å². The van der Waals surface area contributed by atoms with Gasteiger partial charge in [-0.3, -0.25) is 4.79 Å². The maximum absolute atomic E-state index is 12.8. The number of rotatable bonds is 2. The van der Waals surface area contributed by atoms with E-state index in [1.807, 2.05) is 0 Å². The summed E-state index contributed by atoms with van der Waals surface area (Å²) in [6.45, 7) is 8.45. The summed E-state index contributed by atoms with van der Waals surface area (Å²) < 4.78 is 12.7. The number of aryl methyl sites for hydroxylation is 2. The molecular weight excluding hydrogens is 320 g/mol. The molecule has 3 aliphatic carbocycles. The van der Waals surface area contributed by atoms with Crippen LogP contribution in [0.5, 0.6) is 0 Å². The zero-order valence-corrected chi connectivity index (χ0v) is 15.3. The van der Waals surface area contributed by atoms with Gasteiger partial charge in [0.25, 0.3) is 5.56 Å². The Balaban J connectivity index is 1.65. The molecule has 25 heavy (non-hydrogen) atoms. The first-order chi connectivity index (χ1) is 11.7. The number of carbonyl (C=O) groups is 1. The minimum absolute atomic E-state index is 0.103. The summed E-state index contributed by atoms with van der Waals surface area (Å²) in [4.78, 5) is 29.4. The van der Waals surface area contributed by atoms with E-state index in [-0.39, 0.29) is 28.3 Å². The molecule has 4 atom stereocenters. The van der Waals surface area contributed by atoms with Crippen molar-refractivity contribution in [1.29, 1.82) is 0 Å². The Morgan fingerprint density at radius 3 is 2.76 bits per heavy atom. The van der Waals surface area contributed by atoms with Crippen molar-refractivity contribution in [2.75, 3.05) is 0 Å². The Labute approximate surface area is 146 Å². The molecule has 2 bridgehead atoms. The van der Waals surface area contributed by atoms with E-state index in [9.17, 15) is 9.59 Å². The molecular formula is C19H24N2O4. The van der Waals surface area contributed by atoms with Crippen LogP contribution >= 0.6 is 0 Å². The number of carbonyl (C=O) groups excluding carboxylic acids is 1. The van der Waals surface area contributed by atoms with Crippen LogP contribution in [0.2, 0.25) is 0 Å². The second-order valence-corrected chi connectivity index (χ2v) is 8.27. The molecule has 2 aromatic heterocycles. The number of ether oxygens (including phenoxy) is 1. The van der Waals surface area contributed by atoms with Crippen LogP contribution in [0.1, 0.15) is 49.7 Å². The van der Waals surface area contributed by atoms with Crippen LogP contribution in [0.4, 0.5) is 0 Å². The number of hydrogen-bond acceptors (Lipinski definition) is 5. The predicted molar refractivity (Wildman–Crippen MR) is 92.3 cm³/mol. The average molecular weight is 344 g/mol. The predicted octanol–water partition coefficient (Wildman–Crippen LogP) is 3.06. The smallest absolute Gasteiger partial charge is 0.342 e. The maximum atomic E-state index is 12.8. The van der Waals surface area contributed by atoms with Gasteiger partial charge in [-0.25, -0.2) is 9.78 Å². The lowest BCUT2D eigenvalue weighted by Gasteiger charge is -2.61. The molecule has 0 radical (unpaired) electrons. The second-order valence-electron chi connectivity index (χ2n) is 8.27. The molecule has 3 aliphatic rings. The molecule has 0 aliphatic heterocycles. The molecule has 4 unspecified atom stereocenters. The van der Waals surface area contributed by atoms with E-state index < -0.39 is 5.97 Å². The van der Waals surface area contributed by atoms with E-state index in [4.69, 9.17) is 9.15 Å². The first-order valence-corrected chi connectivity index (χ1v) is 8.87. The van der Waals surface area contributed by atoms with Gasteiger partial charge in [0.2, 0.25) is 5.71 Å². The molecule has 6 nitrogen and oxygen atoms in total. The van der Waals surface area contributed by atoms with E-state index in [2.05, 4.69) is 25.8 Å². The van der Waals surface area contributed by atoms with Gasteiger partial charge in [0.05, 0.1) is 0 Å². The van der Waals surface area contributed by atoms with Crippen LogP contribution in [0.3, 0.4) is 0 Å². The Kier molecular flexibility index (Phi) is 3.40. The third-order valence-electron chi connectivity index (χ3n) is 6.69. The van der Waals surface area contributed by atoms with Crippen LogP contribution in [0.15, 0.2) is 15.5 Å². The number of hydrogen-bond donors (Lipinski definition) is 0. The van der Waals surface area contributed by atoms with Crippen LogP contribution in [0, 0.1) is 30.1 Å². The van der Waals surface area contributed by atoms with E-state index in [0.29, 0.717) is 28.9 Å². The van der Waals surface area contributed by atoms with Crippen LogP contribution in [-0.4, -0.2) is 21.6 Å². The molecule has 0 aromatic carbocycles. The van der Waals surface area contributed by atoms with Crippen molar-refractivity contribution in [3.05, 3.63) is 28.0 Å². The van der Waals surface area contributed by atoms with E-state index >= 15 is 0 Å². The Morgan fingerprint density at radius 1 is 1.40 bits per heavy atom. The average Bonchev–Trinajstić information content (AvgIpc) is 2.89. The van der Waals surface area contributed by atoms with E-state index in [1.165, 1.54) is 17.3 Å². The third kappa shape index (κ3) is 2.19. The Hall–Kier alpha value is -2.11. The summed E-state index contributed by atoms with van der Waals surface area (Å²) in [5.74, 6) is 1.41. The number of aromatic nitrogens is 2. The van der Waals surface area contributed by atoms with E-state index in [0.717, 1.165) is 6.42 Å². The summed E-state index contributed by atoms with van der Waals surface area (Å²) in [7, 11) is 1.60. The number of fused-ring (bicyclic) bond motifs is 3. The molecule has 5 rings (SSSR count). The minimum atomic E-state index is -0.475. The molecule has 2 heterocycles. The fourth-order valence-electron chi connectivity index (χ4n) is 4.89. The summed E-state index contributed by atoms with van der Waals surface area (Å²) >= 11 is 0. The van der Waals surface area contributed by atoms with Gasteiger partial charge in [-0.1, -0.05) is 20.8 Å². The first kappa shape index (κ1) is 16.4. The molecule has 0 N–H and O–H groups in total. The van der Waals surface area contributed by atoms with Crippen molar-refractivity contribution in [3.63, 3.8) is 0 Å². The molecule has 134 valence electrons. The van der Waals surface area contributed by atoms with Gasteiger partial charge in [-0.2, -0.15) is 0 Å². The van der Waals surface area contributed by atoms with Crippen molar-refractivity contribution in [2.24, 2.45) is 30.2 Å². The molecule has 0 amide bonds. The van der Waals surface area contributed by atoms with E-state index in [1.54, 1.807) is 14.0 Å². The summed E-state index contributed by atoms with van der Waals surface area (Å²) in [5.41, 5.74) is 0.442. The highest BCUT2D eigenvalue weighted by molar-refractivity contribution is 6.03. The van der Waals surface area contributed by atoms with Gasteiger partial charge in [-0.15, -0.1) is 0 Å². The number of furan rings is 1. The number of nitrogens with zero attached hydrogens (tertiary/aromatic N) is 2. The van der Waals surface area contributed by atoms with Gasteiger partial charge < -0.3 is 13.7 Å². The highest BCUT2D eigenvalue weighted by Crippen LogP contribution is 2.61. The summed E-state index contributed by atoms with van der Waals surface area (Å²) in [5, 5.41) is 0.210. The molecule has 3 fully saturated rings. The Bertz CT molecular complexity index is 923. The summed E-state index contributed by atoms with van der Waals surface area (Å²) in [6.07, 6.45) is 3.40. The van der Waals surface area contributed by atoms with Crippen molar-refractivity contribution >= 4 is 17.1 Å². The van der Waals surface area contributed by atoms with Gasteiger partial charge in [-0.05, 0) is 42.9 Å². The molecule has 0 spiro atoms. The lowest BCUT2D eigenvalue weighted by Crippen LogP contribution is -2.57. The minimum Gasteiger partial charge on any atom is -0.458 e. The standard InChI is InChI=1S/C19H24N2O4/c1-9-12-6-11(19(12,3)4)7-13(9)25-18(23)14-10(2)24-16-15(14)17(22)21(5)8-20-16/h8-9,11-13H,6-7H2,1-5H3. The van der Waals surface area contributed by atoms with Gasteiger partial charge in [0.15, 0.2) is 0 Å². The SMILES string of the molecule is Cc1oc2ncn(C)c(=O)c2c1C(=O)OC1CC2CC(C1C)C2(C)C. The largest absolute Gasteiger partial charge is 0.458 e. The highest BCUT2D eigenvalue weighted by Gasteiger charge is 2.57. The highest BCUT2D eigenvalue weighted by atomic mass is 16.5. The number of esters is 1. The van der Waals surface area contributed by atoms with Gasteiger partial charge >= 0.3 is 5.97 Å². The lowest BCUT2D eigenvalue weighted by atomic mass is 9.45. The van der Waals surface area contributed by atoms with Crippen molar-refractivity contribution < 1.29 is 13.9 Å². The quantitative estimate of drug-likeness (QED) is 0.783. The fourth-order valence-corrected chi connectivity index (χ4v) is 4.89. The van der Waals surface area contributed by atoms with Crippen molar-refractivity contribution in [3.8, 4) is 0 Å². The normalized spacial score (nSPS) is 30.1. The molecule has 6 heteroatoms. The van der Waals surface area contributed by atoms with Gasteiger partial charge in [0.1, 0.15) is 29.1 Å².